The third-order valence-corrected chi connectivity index (χ3v) is 7.71. The number of aromatic nitrogens is 1. The van der Waals surface area contributed by atoms with Crippen LogP contribution < -0.4 is 10.6 Å². The van der Waals surface area contributed by atoms with Gasteiger partial charge < -0.3 is 10.6 Å². The van der Waals surface area contributed by atoms with Crippen molar-refractivity contribution in [3.63, 3.8) is 0 Å². The van der Waals surface area contributed by atoms with E-state index in [1.807, 2.05) is 48.5 Å². The molecular formula is C25H23N3OS2. The van der Waals surface area contributed by atoms with Crippen LogP contribution in [0.4, 0.5) is 10.8 Å². The van der Waals surface area contributed by atoms with E-state index in [2.05, 4.69) is 33.1 Å². The highest BCUT2D eigenvalue weighted by atomic mass is 32.1. The number of thiophene rings is 2. The number of pyridine rings is 1. The summed E-state index contributed by atoms with van der Waals surface area (Å²) in [5.41, 5.74) is 3.25. The Morgan fingerprint density at radius 3 is 2.58 bits per heavy atom. The Labute approximate surface area is 190 Å². The first-order chi connectivity index (χ1) is 15.3. The van der Waals surface area contributed by atoms with Gasteiger partial charge in [0, 0.05) is 27.1 Å². The Morgan fingerprint density at radius 2 is 1.81 bits per heavy atom. The monoisotopic (exact) mass is 445 g/mol. The molecule has 1 atom stereocenters. The molecule has 3 heterocycles. The quantitative estimate of drug-likeness (QED) is 0.354. The molecule has 5 rings (SSSR count). The second-order valence-corrected chi connectivity index (χ2v) is 9.67. The van der Waals surface area contributed by atoms with Gasteiger partial charge in [0.2, 0.25) is 0 Å². The SMILES string of the molecule is O=C(Nc1sc2c(c1[C@@H](Nc1ccccn1)c1cccs1)CCCC2)c1ccccc1. The van der Waals surface area contributed by atoms with Crippen molar-refractivity contribution in [2.24, 2.45) is 0 Å². The summed E-state index contributed by atoms with van der Waals surface area (Å²) >= 11 is 3.46. The highest BCUT2D eigenvalue weighted by Crippen LogP contribution is 2.45. The smallest absolute Gasteiger partial charge is 0.256 e. The number of hydrogen-bond donors (Lipinski definition) is 2. The average Bonchev–Trinajstić information content (AvgIpc) is 3.47. The van der Waals surface area contributed by atoms with Crippen LogP contribution in [0.25, 0.3) is 0 Å². The van der Waals surface area contributed by atoms with Crippen molar-refractivity contribution in [3.8, 4) is 0 Å². The first-order valence-corrected chi connectivity index (χ1v) is 12.2. The first-order valence-electron chi connectivity index (χ1n) is 10.5. The van der Waals surface area contributed by atoms with Crippen molar-refractivity contribution in [2.75, 3.05) is 10.6 Å². The molecule has 0 spiro atoms. The van der Waals surface area contributed by atoms with Gasteiger partial charge in [-0.3, -0.25) is 4.79 Å². The number of nitrogens with one attached hydrogen (secondary N) is 2. The molecule has 6 heteroatoms. The molecule has 1 aliphatic rings. The van der Waals surface area contributed by atoms with Gasteiger partial charge in [-0.05, 0) is 67.0 Å². The van der Waals surface area contributed by atoms with Gasteiger partial charge in [0.05, 0.1) is 6.04 Å². The van der Waals surface area contributed by atoms with E-state index in [1.165, 1.54) is 33.7 Å². The molecule has 0 bridgehead atoms. The van der Waals surface area contributed by atoms with Crippen LogP contribution >= 0.6 is 22.7 Å². The molecule has 156 valence electrons. The van der Waals surface area contributed by atoms with E-state index >= 15 is 0 Å². The predicted octanol–water partition coefficient (Wildman–Crippen LogP) is 6.54. The highest BCUT2D eigenvalue weighted by Gasteiger charge is 2.29. The van der Waals surface area contributed by atoms with Crippen molar-refractivity contribution < 1.29 is 4.79 Å². The Morgan fingerprint density at radius 1 is 0.968 bits per heavy atom. The fraction of sp³-hybridized carbons (Fsp3) is 0.200. The molecule has 0 unspecified atom stereocenters. The number of fused-ring (bicyclic) bond motifs is 1. The molecule has 0 saturated carbocycles. The lowest BCUT2D eigenvalue weighted by Crippen LogP contribution is -2.18. The molecule has 31 heavy (non-hydrogen) atoms. The Bertz CT molecular complexity index is 1150. The summed E-state index contributed by atoms with van der Waals surface area (Å²) in [6.45, 7) is 0. The molecule has 3 aromatic heterocycles. The number of anilines is 2. The third kappa shape index (κ3) is 4.27. The molecule has 4 nitrogen and oxygen atoms in total. The maximum Gasteiger partial charge on any atom is 0.256 e. The number of benzene rings is 1. The lowest BCUT2D eigenvalue weighted by Gasteiger charge is -2.22. The van der Waals surface area contributed by atoms with E-state index in [9.17, 15) is 4.79 Å². The summed E-state index contributed by atoms with van der Waals surface area (Å²) in [5.74, 6) is 0.764. The summed E-state index contributed by atoms with van der Waals surface area (Å²) in [6, 6.07) is 19.5. The van der Waals surface area contributed by atoms with E-state index in [1.54, 1.807) is 28.9 Å². The lowest BCUT2D eigenvalue weighted by atomic mass is 9.91. The minimum atomic E-state index is -0.0665. The largest absolute Gasteiger partial charge is 0.358 e. The molecule has 0 aliphatic heterocycles. The van der Waals surface area contributed by atoms with Crippen LogP contribution in [-0.2, 0) is 12.8 Å². The molecule has 0 saturated heterocycles. The van der Waals surface area contributed by atoms with Gasteiger partial charge in [-0.15, -0.1) is 22.7 Å². The zero-order valence-corrected chi connectivity index (χ0v) is 18.6. The fourth-order valence-electron chi connectivity index (χ4n) is 4.09. The van der Waals surface area contributed by atoms with Gasteiger partial charge in [-0.25, -0.2) is 4.98 Å². The Kier molecular flexibility index (Phi) is 5.82. The maximum atomic E-state index is 13.0. The Hall–Kier alpha value is -2.96. The minimum Gasteiger partial charge on any atom is -0.358 e. The number of carbonyl (C=O) groups is 1. The number of rotatable bonds is 6. The number of aryl methyl sites for hydroxylation is 1. The third-order valence-electron chi connectivity index (χ3n) is 5.55. The predicted molar refractivity (Wildman–Crippen MR) is 129 cm³/mol. The molecule has 0 fully saturated rings. The number of carbonyl (C=O) groups excluding carboxylic acids is 1. The zero-order valence-electron chi connectivity index (χ0n) is 17.0. The first kappa shape index (κ1) is 20.0. The van der Waals surface area contributed by atoms with Crippen LogP contribution in [-0.4, -0.2) is 10.9 Å². The summed E-state index contributed by atoms with van der Waals surface area (Å²) in [5, 5.41) is 9.93. The molecule has 1 aliphatic carbocycles. The van der Waals surface area contributed by atoms with Crippen LogP contribution in [0.3, 0.4) is 0 Å². The summed E-state index contributed by atoms with van der Waals surface area (Å²) in [6.07, 6.45) is 6.32. The normalized spacial score (nSPS) is 13.9. The summed E-state index contributed by atoms with van der Waals surface area (Å²) in [7, 11) is 0. The summed E-state index contributed by atoms with van der Waals surface area (Å²) in [4.78, 5) is 20.1. The van der Waals surface area contributed by atoms with Crippen molar-refractivity contribution in [1.82, 2.24) is 4.98 Å². The van der Waals surface area contributed by atoms with Crippen LogP contribution in [0, 0.1) is 0 Å². The second-order valence-electron chi connectivity index (χ2n) is 7.58. The molecule has 4 aromatic rings. The maximum absolute atomic E-state index is 13.0. The van der Waals surface area contributed by atoms with E-state index in [4.69, 9.17) is 0 Å². The number of nitrogens with zero attached hydrogens (tertiary/aromatic N) is 1. The summed E-state index contributed by atoms with van der Waals surface area (Å²) < 4.78 is 0. The minimum absolute atomic E-state index is 0.0564. The van der Waals surface area contributed by atoms with Crippen molar-refractivity contribution in [1.29, 1.82) is 0 Å². The van der Waals surface area contributed by atoms with Gasteiger partial charge >= 0.3 is 0 Å². The highest BCUT2D eigenvalue weighted by molar-refractivity contribution is 7.16. The molecule has 1 aromatic carbocycles. The van der Waals surface area contributed by atoms with E-state index in [0.29, 0.717) is 5.56 Å². The lowest BCUT2D eigenvalue weighted by molar-refractivity contribution is 0.102. The molecule has 0 radical (unpaired) electrons. The van der Waals surface area contributed by atoms with Gasteiger partial charge in [0.25, 0.3) is 5.91 Å². The van der Waals surface area contributed by atoms with Gasteiger partial charge in [0.1, 0.15) is 10.8 Å². The van der Waals surface area contributed by atoms with Crippen LogP contribution in [0.15, 0.2) is 72.2 Å². The molecule has 2 N–H and O–H groups in total. The zero-order chi connectivity index (χ0) is 21.0. The molecule has 1 amide bonds. The molecular weight excluding hydrogens is 422 g/mol. The van der Waals surface area contributed by atoms with Crippen molar-refractivity contribution in [3.05, 3.63) is 98.7 Å². The van der Waals surface area contributed by atoms with Crippen LogP contribution in [0.1, 0.15) is 50.1 Å². The van der Waals surface area contributed by atoms with Gasteiger partial charge in [-0.2, -0.15) is 0 Å². The topological polar surface area (TPSA) is 54.0 Å². The standard InChI is InChI=1S/C25H23N3OS2/c29-24(17-9-2-1-3-10-17)28-25-22(18-11-4-5-12-19(18)31-25)23(20-13-8-16-30-20)27-21-14-6-7-15-26-21/h1-3,6-10,13-16,23H,4-5,11-12H2,(H,26,27)(H,28,29)/t23-/m0/s1. The Balaban J connectivity index is 1.58. The number of hydrogen-bond acceptors (Lipinski definition) is 5. The van der Waals surface area contributed by atoms with Crippen LogP contribution in [0.2, 0.25) is 0 Å². The number of amides is 1. The second kappa shape index (κ2) is 9.04. The van der Waals surface area contributed by atoms with Gasteiger partial charge in [-0.1, -0.05) is 30.3 Å². The van der Waals surface area contributed by atoms with E-state index in [-0.39, 0.29) is 11.9 Å². The van der Waals surface area contributed by atoms with E-state index < -0.39 is 0 Å². The van der Waals surface area contributed by atoms with Crippen molar-refractivity contribution >= 4 is 39.4 Å². The average molecular weight is 446 g/mol. The van der Waals surface area contributed by atoms with Gasteiger partial charge in [0.15, 0.2) is 0 Å². The van der Waals surface area contributed by atoms with Crippen LogP contribution in [0.5, 0.6) is 0 Å². The fourth-order valence-corrected chi connectivity index (χ4v) is 6.20. The van der Waals surface area contributed by atoms with Crippen molar-refractivity contribution in [2.45, 2.75) is 31.7 Å². The van der Waals surface area contributed by atoms with E-state index in [0.717, 1.165) is 23.7 Å².